The number of hydrogen-bond acceptors (Lipinski definition) is 7. The molecule has 0 aliphatic heterocycles. The number of halogens is 3. The Morgan fingerprint density at radius 3 is 2.51 bits per heavy atom. The van der Waals surface area contributed by atoms with Gasteiger partial charge in [0.05, 0.1) is 27.5 Å². The Labute approximate surface area is 239 Å². The molecule has 2 aromatic heterocycles. The van der Waals surface area contributed by atoms with Gasteiger partial charge in [0.25, 0.3) is 0 Å². The van der Waals surface area contributed by atoms with Crippen molar-refractivity contribution in [3.8, 4) is 11.3 Å². The van der Waals surface area contributed by atoms with Crippen LogP contribution in [0, 0.1) is 17.7 Å². The molecule has 3 N–H and O–H groups in total. The number of rotatable bonds is 7. The molecule has 4 aromatic rings. The molecule has 204 valence electrons. The third-order valence-electron chi connectivity index (χ3n) is 8.72. The van der Waals surface area contributed by atoms with Crippen molar-refractivity contribution in [3.63, 3.8) is 0 Å². The van der Waals surface area contributed by atoms with Gasteiger partial charge in [-0.3, -0.25) is 0 Å². The average Bonchev–Trinajstić information content (AvgIpc) is 3.49. The van der Waals surface area contributed by atoms with E-state index in [0.29, 0.717) is 57.2 Å². The van der Waals surface area contributed by atoms with E-state index in [1.165, 1.54) is 17.4 Å². The topological polar surface area (TPSA) is 94.4 Å². The van der Waals surface area contributed by atoms with Gasteiger partial charge in [-0.1, -0.05) is 34.4 Å². The van der Waals surface area contributed by atoms with E-state index in [0.717, 1.165) is 47.3 Å². The summed E-state index contributed by atoms with van der Waals surface area (Å²) in [6.45, 7) is 0.594. The lowest BCUT2D eigenvalue weighted by Gasteiger charge is -2.41. The maximum Gasteiger partial charge on any atom is 0.150 e. The molecule has 3 aliphatic carbocycles. The molecule has 2 aromatic carbocycles. The zero-order valence-electron chi connectivity index (χ0n) is 21.1. The van der Waals surface area contributed by atoms with Gasteiger partial charge in [-0.05, 0) is 80.2 Å². The first kappa shape index (κ1) is 25.9. The van der Waals surface area contributed by atoms with Crippen LogP contribution in [-0.4, -0.2) is 21.4 Å². The molecule has 2 heterocycles. The minimum Gasteiger partial charge on any atom is -0.382 e. The van der Waals surface area contributed by atoms with Crippen LogP contribution >= 0.6 is 34.5 Å². The van der Waals surface area contributed by atoms with E-state index in [1.807, 2.05) is 12.1 Å². The van der Waals surface area contributed by atoms with Crippen LogP contribution in [0.1, 0.15) is 66.3 Å². The van der Waals surface area contributed by atoms with Crippen LogP contribution < -0.4 is 5.73 Å². The monoisotopic (exact) mass is 587 g/mol. The number of aromatic nitrogens is 2. The van der Waals surface area contributed by atoms with E-state index in [2.05, 4.69) is 10.1 Å². The Balaban J connectivity index is 1.13. The number of benzene rings is 2. The Kier molecular flexibility index (Phi) is 6.49. The SMILES string of the molecule is NCc1cc(F)c2nc(C3(O)C4CCC3CC(OCc3c(-c5c(Cl)cccc5Cl)noc3C3CC3)C4)sc2c1. The third kappa shape index (κ3) is 4.31. The molecule has 39 heavy (non-hydrogen) atoms. The number of hydrogen-bond donors (Lipinski definition) is 2. The summed E-state index contributed by atoms with van der Waals surface area (Å²) in [4.78, 5) is 4.60. The quantitative estimate of drug-likeness (QED) is 0.235. The van der Waals surface area contributed by atoms with Crippen molar-refractivity contribution in [2.75, 3.05) is 0 Å². The minimum absolute atomic E-state index is 0.0123. The summed E-state index contributed by atoms with van der Waals surface area (Å²) in [5, 5.41) is 18.0. The van der Waals surface area contributed by atoms with E-state index in [1.54, 1.807) is 12.1 Å². The molecule has 2 atom stereocenters. The van der Waals surface area contributed by atoms with E-state index in [-0.39, 0.29) is 24.5 Å². The van der Waals surface area contributed by atoms with Gasteiger partial charge in [0.2, 0.25) is 0 Å². The van der Waals surface area contributed by atoms with Crippen molar-refractivity contribution >= 4 is 44.8 Å². The highest BCUT2D eigenvalue weighted by Crippen LogP contribution is 2.57. The second-order valence-electron chi connectivity index (χ2n) is 11.1. The summed E-state index contributed by atoms with van der Waals surface area (Å²) in [6, 6.07) is 8.70. The molecule has 0 spiro atoms. The lowest BCUT2D eigenvalue weighted by atomic mass is 9.73. The second kappa shape index (κ2) is 9.79. The molecule has 0 amide bonds. The second-order valence-corrected chi connectivity index (χ2v) is 12.9. The van der Waals surface area contributed by atoms with Gasteiger partial charge in [0.15, 0.2) is 5.82 Å². The summed E-state index contributed by atoms with van der Waals surface area (Å²) < 4.78 is 27.7. The van der Waals surface area contributed by atoms with E-state index in [4.69, 9.17) is 38.2 Å². The normalized spacial score (nSPS) is 26.5. The molecule has 7 rings (SSSR count). The number of fused-ring (bicyclic) bond motifs is 3. The van der Waals surface area contributed by atoms with Crippen molar-refractivity contribution in [2.24, 2.45) is 17.6 Å². The van der Waals surface area contributed by atoms with Crippen molar-refractivity contribution in [2.45, 2.75) is 69.3 Å². The minimum atomic E-state index is -1.08. The summed E-state index contributed by atoms with van der Waals surface area (Å²) in [5.41, 5.74) is 7.89. The molecule has 3 saturated carbocycles. The van der Waals surface area contributed by atoms with Crippen LogP contribution in [0.15, 0.2) is 34.9 Å². The number of thiazole rings is 1. The Morgan fingerprint density at radius 1 is 1.13 bits per heavy atom. The highest BCUT2D eigenvalue weighted by atomic mass is 35.5. The molecule has 3 fully saturated rings. The van der Waals surface area contributed by atoms with Gasteiger partial charge < -0.3 is 20.1 Å². The van der Waals surface area contributed by atoms with Crippen molar-refractivity contribution in [1.29, 1.82) is 0 Å². The van der Waals surface area contributed by atoms with E-state index >= 15 is 0 Å². The van der Waals surface area contributed by atoms with Crippen molar-refractivity contribution < 1.29 is 18.8 Å². The third-order valence-corrected chi connectivity index (χ3v) is 10.5. The fourth-order valence-electron chi connectivity index (χ4n) is 6.57. The van der Waals surface area contributed by atoms with Gasteiger partial charge in [0.1, 0.15) is 27.6 Å². The fraction of sp³-hybridized carbons (Fsp3) is 0.448. The van der Waals surface area contributed by atoms with Crippen LogP contribution in [0.3, 0.4) is 0 Å². The largest absolute Gasteiger partial charge is 0.382 e. The summed E-state index contributed by atoms with van der Waals surface area (Å²) in [5.74, 6) is 0.782. The molecular formula is C29H28Cl2FN3O3S. The first-order chi connectivity index (χ1) is 18.9. The summed E-state index contributed by atoms with van der Waals surface area (Å²) in [6.07, 6.45) is 5.26. The summed E-state index contributed by atoms with van der Waals surface area (Å²) >= 11 is 14.4. The highest BCUT2D eigenvalue weighted by molar-refractivity contribution is 7.18. The predicted molar refractivity (Wildman–Crippen MR) is 149 cm³/mol. The number of ether oxygens (including phenoxy) is 1. The van der Waals surface area contributed by atoms with Crippen LogP contribution in [0.25, 0.3) is 21.5 Å². The van der Waals surface area contributed by atoms with Crippen LogP contribution in [0.4, 0.5) is 4.39 Å². The molecule has 6 nitrogen and oxygen atoms in total. The fourth-order valence-corrected chi connectivity index (χ4v) is 8.44. The van der Waals surface area contributed by atoms with E-state index < -0.39 is 11.4 Å². The first-order valence-electron chi connectivity index (χ1n) is 13.4. The van der Waals surface area contributed by atoms with Crippen LogP contribution in [0.5, 0.6) is 0 Å². The van der Waals surface area contributed by atoms with Crippen LogP contribution in [0.2, 0.25) is 10.0 Å². The Bertz CT molecular complexity index is 1530. The molecule has 3 aliphatic rings. The van der Waals surface area contributed by atoms with Gasteiger partial charge in [-0.2, -0.15) is 0 Å². The number of aliphatic hydroxyl groups is 1. The lowest BCUT2D eigenvalue weighted by molar-refractivity contribution is -0.116. The van der Waals surface area contributed by atoms with Gasteiger partial charge in [-0.15, -0.1) is 11.3 Å². The standard InChI is InChI=1S/C29H28Cl2FN3O3S/c30-20-2-1-3-21(31)24(20)25-19(27(38-35-25)15-4-5-15)13-37-18-10-16-6-7-17(11-18)29(16,36)28-34-26-22(32)8-14(12-33)9-23(26)39-28/h1-3,8-9,15-18,36H,4-7,10-13,33H2. The Morgan fingerprint density at radius 2 is 1.85 bits per heavy atom. The predicted octanol–water partition coefficient (Wildman–Crippen LogP) is 7.33. The van der Waals surface area contributed by atoms with E-state index in [9.17, 15) is 9.50 Å². The molecule has 10 heteroatoms. The molecule has 0 saturated heterocycles. The van der Waals surface area contributed by atoms with Crippen LogP contribution in [-0.2, 0) is 23.5 Å². The summed E-state index contributed by atoms with van der Waals surface area (Å²) in [7, 11) is 0. The maximum atomic E-state index is 14.7. The molecular weight excluding hydrogens is 560 g/mol. The van der Waals surface area contributed by atoms with Crippen molar-refractivity contribution in [3.05, 3.63) is 68.1 Å². The zero-order valence-corrected chi connectivity index (χ0v) is 23.5. The highest BCUT2D eigenvalue weighted by Gasteiger charge is 2.56. The lowest BCUT2D eigenvalue weighted by Crippen LogP contribution is -2.44. The molecule has 2 unspecified atom stereocenters. The Hall–Kier alpha value is -2.07. The van der Waals surface area contributed by atoms with Gasteiger partial charge in [-0.25, -0.2) is 9.37 Å². The first-order valence-corrected chi connectivity index (χ1v) is 15.0. The van der Waals surface area contributed by atoms with Gasteiger partial charge >= 0.3 is 0 Å². The van der Waals surface area contributed by atoms with Gasteiger partial charge in [0, 0.05) is 23.6 Å². The van der Waals surface area contributed by atoms with Crippen molar-refractivity contribution in [1.82, 2.24) is 10.1 Å². The molecule has 2 bridgehead atoms. The smallest absolute Gasteiger partial charge is 0.150 e. The zero-order chi connectivity index (χ0) is 26.9. The number of nitrogens with zero attached hydrogens (tertiary/aromatic N) is 2. The molecule has 0 radical (unpaired) electrons. The maximum absolute atomic E-state index is 14.7. The number of nitrogens with two attached hydrogens (primary N) is 1. The average molecular weight is 589 g/mol.